The zero-order valence-corrected chi connectivity index (χ0v) is 21.3. The SMILES string of the molecule is Cc1ccc2c(c1)nc(N)c1ncc(CCc3ccc(OC(c4ccccc4)c4ccccc4)cc3)cc12. The zero-order valence-electron chi connectivity index (χ0n) is 21.3. The van der Waals surface area contributed by atoms with Gasteiger partial charge in [0, 0.05) is 17.0 Å². The first-order valence-electron chi connectivity index (χ1n) is 12.9. The van der Waals surface area contributed by atoms with Gasteiger partial charge in [-0.05, 0) is 71.8 Å². The number of benzene rings is 4. The predicted octanol–water partition coefficient (Wildman–Crippen LogP) is 7.63. The largest absolute Gasteiger partial charge is 0.481 e. The second-order valence-corrected chi connectivity index (χ2v) is 9.72. The Morgan fingerprint density at radius 2 is 1.37 bits per heavy atom. The highest BCUT2D eigenvalue weighted by Crippen LogP contribution is 2.30. The van der Waals surface area contributed by atoms with Crippen molar-refractivity contribution in [3.63, 3.8) is 0 Å². The Hall–Kier alpha value is -4.70. The van der Waals surface area contributed by atoms with Gasteiger partial charge in [0.15, 0.2) is 5.82 Å². The zero-order chi connectivity index (χ0) is 25.9. The molecular formula is C34H29N3O. The minimum Gasteiger partial charge on any atom is -0.481 e. The van der Waals surface area contributed by atoms with Gasteiger partial charge in [-0.15, -0.1) is 0 Å². The van der Waals surface area contributed by atoms with Crippen LogP contribution < -0.4 is 10.5 Å². The van der Waals surface area contributed by atoms with Gasteiger partial charge in [0.25, 0.3) is 0 Å². The summed E-state index contributed by atoms with van der Waals surface area (Å²) in [6.45, 7) is 2.07. The van der Waals surface area contributed by atoms with Crippen molar-refractivity contribution in [3.05, 3.63) is 143 Å². The Labute approximate surface area is 222 Å². The number of nitrogen functional groups attached to an aromatic ring is 1. The van der Waals surface area contributed by atoms with Crippen LogP contribution in [0.2, 0.25) is 0 Å². The number of pyridine rings is 2. The number of nitrogens with two attached hydrogens (primary N) is 1. The highest BCUT2D eigenvalue weighted by atomic mass is 16.5. The number of anilines is 1. The van der Waals surface area contributed by atoms with E-state index in [1.54, 1.807) is 0 Å². The molecule has 6 rings (SSSR count). The summed E-state index contributed by atoms with van der Waals surface area (Å²) in [4.78, 5) is 9.22. The fourth-order valence-electron chi connectivity index (χ4n) is 4.94. The average Bonchev–Trinajstić information content (AvgIpc) is 2.96. The van der Waals surface area contributed by atoms with E-state index < -0.39 is 0 Å². The van der Waals surface area contributed by atoms with E-state index in [1.165, 1.54) is 16.7 Å². The summed E-state index contributed by atoms with van der Waals surface area (Å²) in [7, 11) is 0. The Morgan fingerprint density at radius 3 is 2.05 bits per heavy atom. The molecule has 0 aliphatic carbocycles. The van der Waals surface area contributed by atoms with Crippen molar-refractivity contribution in [2.75, 3.05) is 5.73 Å². The van der Waals surface area contributed by atoms with Gasteiger partial charge in [0.1, 0.15) is 17.4 Å². The van der Waals surface area contributed by atoms with Crippen LogP contribution in [0.4, 0.5) is 5.82 Å². The molecule has 4 aromatic carbocycles. The maximum atomic E-state index is 6.49. The van der Waals surface area contributed by atoms with Crippen molar-refractivity contribution in [1.29, 1.82) is 0 Å². The molecule has 2 heterocycles. The first-order valence-corrected chi connectivity index (χ1v) is 12.9. The molecule has 4 heteroatoms. The van der Waals surface area contributed by atoms with Gasteiger partial charge < -0.3 is 10.5 Å². The first-order chi connectivity index (χ1) is 18.6. The molecule has 0 saturated heterocycles. The fraction of sp³-hybridized carbons (Fsp3) is 0.118. The lowest BCUT2D eigenvalue weighted by molar-refractivity contribution is 0.247. The van der Waals surface area contributed by atoms with Crippen molar-refractivity contribution in [2.24, 2.45) is 0 Å². The van der Waals surface area contributed by atoms with Crippen LogP contribution in [0.3, 0.4) is 0 Å². The van der Waals surface area contributed by atoms with Crippen LogP contribution in [-0.2, 0) is 12.8 Å². The summed E-state index contributed by atoms with van der Waals surface area (Å²) >= 11 is 0. The standard InChI is InChI=1S/C34H29N3O/c1-23-12-19-29-30-21-25(22-36-32(30)34(35)37-31(29)20-23)14-13-24-15-17-28(18-16-24)38-33(26-8-4-2-5-9-26)27-10-6-3-7-11-27/h2-12,15-22,33H,13-14H2,1H3,(H2,35,37). The summed E-state index contributed by atoms with van der Waals surface area (Å²) in [6, 6.07) is 37.6. The smallest absolute Gasteiger partial charge is 0.150 e. The molecule has 186 valence electrons. The molecule has 0 bridgehead atoms. The van der Waals surface area contributed by atoms with Gasteiger partial charge in [0.05, 0.1) is 5.52 Å². The maximum Gasteiger partial charge on any atom is 0.150 e. The second kappa shape index (κ2) is 10.3. The molecule has 2 aromatic heterocycles. The van der Waals surface area contributed by atoms with Crippen molar-refractivity contribution in [3.8, 4) is 5.75 Å². The van der Waals surface area contributed by atoms with Crippen LogP contribution in [0.25, 0.3) is 21.8 Å². The highest BCUT2D eigenvalue weighted by molar-refractivity contribution is 6.08. The molecule has 0 saturated carbocycles. The molecule has 0 amide bonds. The van der Waals surface area contributed by atoms with Crippen molar-refractivity contribution < 1.29 is 4.74 Å². The van der Waals surface area contributed by atoms with E-state index in [1.807, 2.05) is 42.6 Å². The molecule has 6 aromatic rings. The summed E-state index contributed by atoms with van der Waals surface area (Å²) in [5.41, 5.74) is 13.8. The summed E-state index contributed by atoms with van der Waals surface area (Å²) < 4.78 is 6.49. The van der Waals surface area contributed by atoms with Crippen molar-refractivity contribution in [1.82, 2.24) is 9.97 Å². The minimum absolute atomic E-state index is 0.160. The minimum atomic E-state index is -0.160. The number of aromatic nitrogens is 2. The normalized spacial score (nSPS) is 11.3. The Bertz CT molecular complexity index is 1660. The monoisotopic (exact) mass is 495 g/mol. The summed E-state index contributed by atoms with van der Waals surface area (Å²) in [6.07, 6.45) is 3.55. The van der Waals surface area contributed by atoms with Gasteiger partial charge in [-0.3, -0.25) is 4.98 Å². The van der Waals surface area contributed by atoms with Gasteiger partial charge >= 0.3 is 0 Å². The van der Waals surface area contributed by atoms with E-state index in [-0.39, 0.29) is 6.10 Å². The Morgan fingerprint density at radius 1 is 0.711 bits per heavy atom. The van der Waals surface area contributed by atoms with Gasteiger partial charge in [-0.1, -0.05) is 84.9 Å². The molecule has 0 unspecified atom stereocenters. The third-order valence-electron chi connectivity index (χ3n) is 6.96. The van der Waals surface area contributed by atoms with E-state index >= 15 is 0 Å². The van der Waals surface area contributed by atoms with Crippen LogP contribution >= 0.6 is 0 Å². The molecule has 38 heavy (non-hydrogen) atoms. The first kappa shape index (κ1) is 23.7. The molecule has 0 fully saturated rings. The third kappa shape index (κ3) is 4.94. The molecule has 0 atom stereocenters. The van der Waals surface area contributed by atoms with Gasteiger partial charge in [-0.2, -0.15) is 0 Å². The maximum absolute atomic E-state index is 6.49. The molecule has 0 spiro atoms. The van der Waals surface area contributed by atoms with E-state index in [0.29, 0.717) is 5.82 Å². The Balaban J connectivity index is 1.20. The molecule has 4 nitrogen and oxygen atoms in total. The summed E-state index contributed by atoms with van der Waals surface area (Å²) in [5, 5.41) is 2.14. The van der Waals surface area contributed by atoms with Crippen LogP contribution in [0.1, 0.15) is 33.9 Å². The molecule has 0 aliphatic heterocycles. The van der Waals surface area contributed by atoms with Crippen LogP contribution in [0.5, 0.6) is 5.75 Å². The quantitative estimate of drug-likeness (QED) is 0.231. The highest BCUT2D eigenvalue weighted by Gasteiger charge is 2.16. The third-order valence-corrected chi connectivity index (χ3v) is 6.96. The number of rotatable bonds is 7. The topological polar surface area (TPSA) is 61.0 Å². The van der Waals surface area contributed by atoms with Gasteiger partial charge in [-0.25, -0.2) is 4.98 Å². The number of nitrogens with zero attached hydrogens (tertiary/aromatic N) is 2. The van der Waals surface area contributed by atoms with Crippen LogP contribution in [-0.4, -0.2) is 9.97 Å². The lowest BCUT2D eigenvalue weighted by Gasteiger charge is -2.20. The number of ether oxygens (including phenoxy) is 1. The Kier molecular flexibility index (Phi) is 6.45. The number of aryl methyl sites for hydroxylation is 3. The molecule has 0 radical (unpaired) electrons. The lowest BCUT2D eigenvalue weighted by Crippen LogP contribution is -2.09. The van der Waals surface area contributed by atoms with Crippen LogP contribution in [0.15, 0.2) is 115 Å². The van der Waals surface area contributed by atoms with Crippen molar-refractivity contribution >= 4 is 27.6 Å². The second-order valence-electron chi connectivity index (χ2n) is 9.72. The molecular weight excluding hydrogens is 466 g/mol. The predicted molar refractivity (Wildman–Crippen MR) is 155 cm³/mol. The van der Waals surface area contributed by atoms with E-state index in [9.17, 15) is 0 Å². The molecule has 2 N–H and O–H groups in total. The van der Waals surface area contributed by atoms with E-state index in [2.05, 4.69) is 89.7 Å². The van der Waals surface area contributed by atoms with E-state index in [0.717, 1.165) is 51.5 Å². The molecule has 0 aliphatic rings. The van der Waals surface area contributed by atoms with Crippen LogP contribution in [0, 0.1) is 6.92 Å². The fourth-order valence-corrected chi connectivity index (χ4v) is 4.94. The number of hydrogen-bond acceptors (Lipinski definition) is 4. The lowest BCUT2D eigenvalue weighted by atomic mass is 10.0. The van der Waals surface area contributed by atoms with Crippen molar-refractivity contribution in [2.45, 2.75) is 25.9 Å². The summed E-state index contributed by atoms with van der Waals surface area (Å²) in [5.74, 6) is 1.33. The van der Waals surface area contributed by atoms with E-state index in [4.69, 9.17) is 10.5 Å². The number of fused-ring (bicyclic) bond motifs is 3. The number of hydrogen-bond donors (Lipinski definition) is 1. The average molecular weight is 496 g/mol. The van der Waals surface area contributed by atoms with Gasteiger partial charge in [0.2, 0.25) is 0 Å².